The third kappa shape index (κ3) is 2.75. The summed E-state index contributed by atoms with van der Waals surface area (Å²) < 4.78 is 7.18. The number of ether oxygens (including phenoxy) is 1. The number of benzene rings is 1. The molecule has 0 aliphatic heterocycles. The summed E-state index contributed by atoms with van der Waals surface area (Å²) in [7, 11) is 1.98. The van der Waals surface area contributed by atoms with E-state index in [4.69, 9.17) is 9.84 Å². The molecule has 1 heterocycles. The summed E-state index contributed by atoms with van der Waals surface area (Å²) >= 11 is 0. The van der Waals surface area contributed by atoms with E-state index in [0.29, 0.717) is 19.8 Å². The molecule has 0 atom stereocenters. The molecule has 0 fully saturated rings. The van der Waals surface area contributed by atoms with Gasteiger partial charge in [0.1, 0.15) is 0 Å². The van der Waals surface area contributed by atoms with Gasteiger partial charge in [0.15, 0.2) is 0 Å². The zero-order chi connectivity index (χ0) is 12.1. The van der Waals surface area contributed by atoms with Crippen LogP contribution in [0.3, 0.4) is 0 Å². The molecule has 0 saturated heterocycles. The minimum absolute atomic E-state index is 0.0618. The highest BCUT2D eigenvalue weighted by Crippen LogP contribution is 2.16. The smallest absolute Gasteiger partial charge is 0.203 e. The van der Waals surface area contributed by atoms with Crippen molar-refractivity contribution in [3.05, 3.63) is 24.3 Å². The van der Waals surface area contributed by atoms with Gasteiger partial charge in [-0.05, 0) is 12.1 Å². The van der Waals surface area contributed by atoms with E-state index >= 15 is 0 Å². The highest BCUT2D eigenvalue weighted by atomic mass is 16.5. The highest BCUT2D eigenvalue weighted by Gasteiger charge is 2.05. The molecule has 2 rings (SSSR count). The maximum absolute atomic E-state index is 8.56. The van der Waals surface area contributed by atoms with Crippen molar-refractivity contribution in [1.82, 2.24) is 9.55 Å². The molecule has 0 bridgehead atoms. The lowest BCUT2D eigenvalue weighted by molar-refractivity contribution is 0.0991. The number of hydrogen-bond acceptors (Lipinski definition) is 4. The molecule has 0 spiro atoms. The van der Waals surface area contributed by atoms with Crippen LogP contribution < -0.4 is 5.32 Å². The van der Waals surface area contributed by atoms with Crippen molar-refractivity contribution < 1.29 is 9.84 Å². The topological polar surface area (TPSA) is 59.3 Å². The average molecular weight is 235 g/mol. The highest BCUT2D eigenvalue weighted by molar-refractivity contribution is 5.78. The number of imidazole rings is 1. The molecule has 0 radical (unpaired) electrons. The van der Waals surface area contributed by atoms with Gasteiger partial charge < -0.3 is 19.7 Å². The fourth-order valence-electron chi connectivity index (χ4n) is 1.71. The number of aromatic nitrogens is 2. The monoisotopic (exact) mass is 235 g/mol. The van der Waals surface area contributed by atoms with Crippen molar-refractivity contribution in [3.8, 4) is 0 Å². The quantitative estimate of drug-likeness (QED) is 0.733. The maximum atomic E-state index is 8.56. The molecule has 2 aromatic rings. The van der Waals surface area contributed by atoms with Crippen LogP contribution >= 0.6 is 0 Å². The number of aliphatic hydroxyl groups excluding tert-OH is 1. The molecule has 1 aromatic carbocycles. The van der Waals surface area contributed by atoms with E-state index in [1.807, 2.05) is 35.9 Å². The Morgan fingerprint density at radius 1 is 1.35 bits per heavy atom. The Hall–Kier alpha value is -1.59. The summed E-state index contributed by atoms with van der Waals surface area (Å²) in [6.45, 7) is 1.68. The van der Waals surface area contributed by atoms with Gasteiger partial charge in [-0.25, -0.2) is 4.98 Å². The van der Waals surface area contributed by atoms with Gasteiger partial charge in [0.25, 0.3) is 0 Å². The van der Waals surface area contributed by atoms with Gasteiger partial charge >= 0.3 is 0 Å². The summed E-state index contributed by atoms with van der Waals surface area (Å²) in [5, 5.41) is 11.8. The normalized spacial score (nSPS) is 10.9. The molecule has 1 aromatic heterocycles. The second-order valence-electron chi connectivity index (χ2n) is 3.75. The predicted molar refractivity (Wildman–Crippen MR) is 67.1 cm³/mol. The molecule has 0 aliphatic carbocycles. The Kier molecular flexibility index (Phi) is 3.95. The third-order valence-electron chi connectivity index (χ3n) is 2.55. The number of fused-ring (bicyclic) bond motifs is 1. The zero-order valence-corrected chi connectivity index (χ0v) is 9.89. The molecule has 0 aliphatic rings. The van der Waals surface area contributed by atoms with Gasteiger partial charge in [-0.15, -0.1) is 0 Å². The van der Waals surface area contributed by atoms with E-state index in [1.165, 1.54) is 0 Å². The van der Waals surface area contributed by atoms with Gasteiger partial charge in [0, 0.05) is 13.6 Å². The molecule has 0 saturated carbocycles. The zero-order valence-electron chi connectivity index (χ0n) is 9.89. The van der Waals surface area contributed by atoms with Gasteiger partial charge in [0.05, 0.1) is 30.9 Å². The first-order valence-corrected chi connectivity index (χ1v) is 5.67. The van der Waals surface area contributed by atoms with Crippen LogP contribution in [0.2, 0.25) is 0 Å². The van der Waals surface area contributed by atoms with Crippen molar-refractivity contribution >= 4 is 17.0 Å². The molecule has 0 amide bonds. The van der Waals surface area contributed by atoms with Crippen LogP contribution in [-0.4, -0.2) is 41.0 Å². The number of nitrogens with zero attached hydrogens (tertiary/aromatic N) is 2. The van der Waals surface area contributed by atoms with Gasteiger partial charge in [-0.2, -0.15) is 0 Å². The van der Waals surface area contributed by atoms with Gasteiger partial charge in [-0.3, -0.25) is 0 Å². The first-order chi connectivity index (χ1) is 8.33. The second-order valence-corrected chi connectivity index (χ2v) is 3.75. The minimum Gasteiger partial charge on any atom is -0.394 e. The lowest BCUT2D eigenvalue weighted by Crippen LogP contribution is -2.13. The number of nitrogens with one attached hydrogen (secondary N) is 1. The Bertz CT molecular complexity index is 482. The standard InChI is InChI=1S/C12H17N3O2/c1-15-11-5-3-2-4-10(11)14-12(15)13-6-8-17-9-7-16/h2-5,16H,6-9H2,1H3,(H,13,14). The Morgan fingerprint density at radius 2 is 2.18 bits per heavy atom. The Morgan fingerprint density at radius 3 is 2.94 bits per heavy atom. The largest absolute Gasteiger partial charge is 0.394 e. The van der Waals surface area contributed by atoms with Crippen LogP contribution in [0.5, 0.6) is 0 Å². The molecule has 92 valence electrons. The third-order valence-corrected chi connectivity index (χ3v) is 2.55. The molecule has 5 heteroatoms. The first-order valence-electron chi connectivity index (χ1n) is 5.67. The van der Waals surface area contributed by atoms with Crippen LogP contribution in [0, 0.1) is 0 Å². The number of para-hydroxylation sites is 2. The molecular weight excluding hydrogens is 218 g/mol. The molecule has 0 unspecified atom stereocenters. The van der Waals surface area contributed by atoms with Crippen LogP contribution in [0.4, 0.5) is 5.95 Å². The number of hydrogen-bond donors (Lipinski definition) is 2. The lowest BCUT2D eigenvalue weighted by atomic mass is 10.3. The number of anilines is 1. The van der Waals surface area contributed by atoms with E-state index < -0.39 is 0 Å². The SMILES string of the molecule is Cn1c(NCCOCCO)nc2ccccc21. The van der Waals surface area contributed by atoms with Gasteiger partial charge in [0.2, 0.25) is 5.95 Å². The second kappa shape index (κ2) is 5.65. The number of rotatable bonds is 6. The Labute approximate surface area is 100 Å². The van der Waals surface area contributed by atoms with E-state index in [9.17, 15) is 0 Å². The summed E-state index contributed by atoms with van der Waals surface area (Å²) in [4.78, 5) is 4.48. The van der Waals surface area contributed by atoms with E-state index in [1.54, 1.807) is 0 Å². The van der Waals surface area contributed by atoms with Gasteiger partial charge in [-0.1, -0.05) is 12.1 Å². The number of aryl methyl sites for hydroxylation is 1. The van der Waals surface area contributed by atoms with Crippen LogP contribution in [0.1, 0.15) is 0 Å². The average Bonchev–Trinajstić information content (AvgIpc) is 2.67. The molecular formula is C12H17N3O2. The fraction of sp³-hybridized carbons (Fsp3) is 0.417. The van der Waals surface area contributed by atoms with Crippen LogP contribution in [-0.2, 0) is 11.8 Å². The molecule has 5 nitrogen and oxygen atoms in total. The minimum atomic E-state index is 0.0618. The van der Waals surface area contributed by atoms with Crippen molar-refractivity contribution in [2.24, 2.45) is 7.05 Å². The van der Waals surface area contributed by atoms with Crippen molar-refractivity contribution in [1.29, 1.82) is 0 Å². The number of aliphatic hydroxyl groups is 1. The van der Waals surface area contributed by atoms with Crippen molar-refractivity contribution in [2.75, 3.05) is 31.7 Å². The van der Waals surface area contributed by atoms with Crippen LogP contribution in [0.25, 0.3) is 11.0 Å². The van der Waals surface area contributed by atoms with E-state index in [0.717, 1.165) is 17.0 Å². The Balaban J connectivity index is 1.97. The summed E-state index contributed by atoms with van der Waals surface area (Å²) in [6.07, 6.45) is 0. The summed E-state index contributed by atoms with van der Waals surface area (Å²) in [5.41, 5.74) is 2.08. The fourth-order valence-corrected chi connectivity index (χ4v) is 1.71. The van der Waals surface area contributed by atoms with Crippen LogP contribution in [0.15, 0.2) is 24.3 Å². The van der Waals surface area contributed by atoms with E-state index in [2.05, 4.69) is 10.3 Å². The predicted octanol–water partition coefficient (Wildman–Crippen LogP) is 0.994. The summed E-state index contributed by atoms with van der Waals surface area (Å²) in [5.74, 6) is 0.832. The summed E-state index contributed by atoms with van der Waals surface area (Å²) in [6, 6.07) is 8.00. The molecule has 17 heavy (non-hydrogen) atoms. The molecule has 2 N–H and O–H groups in total. The maximum Gasteiger partial charge on any atom is 0.203 e. The van der Waals surface area contributed by atoms with Crippen molar-refractivity contribution in [3.63, 3.8) is 0 Å². The lowest BCUT2D eigenvalue weighted by Gasteiger charge is -2.06. The first kappa shape index (κ1) is 11.9. The van der Waals surface area contributed by atoms with E-state index in [-0.39, 0.29) is 6.61 Å². The van der Waals surface area contributed by atoms with Crippen molar-refractivity contribution in [2.45, 2.75) is 0 Å².